The van der Waals surface area contributed by atoms with Gasteiger partial charge in [0.15, 0.2) is 5.69 Å². The van der Waals surface area contributed by atoms with Gasteiger partial charge in [-0.25, -0.2) is 4.98 Å². The van der Waals surface area contributed by atoms with Crippen LogP contribution in [0.2, 0.25) is 0 Å². The topological polar surface area (TPSA) is 96.7 Å². The van der Waals surface area contributed by atoms with Gasteiger partial charge in [-0.3, -0.25) is 9.89 Å². The van der Waals surface area contributed by atoms with Crippen molar-refractivity contribution in [2.24, 2.45) is 0 Å². The molecule has 7 heteroatoms. The second-order valence-electron chi connectivity index (χ2n) is 4.93. The summed E-state index contributed by atoms with van der Waals surface area (Å²) in [5.74, 6) is 0.203. The Morgan fingerprint density at radius 2 is 2.40 bits per heavy atom. The second kappa shape index (κ2) is 5.24. The Labute approximate surface area is 120 Å². The van der Waals surface area contributed by atoms with Crippen LogP contribution in [-0.2, 0) is 13.0 Å². The molecule has 1 aliphatic carbocycles. The molecule has 0 atom stereocenters. The number of carbonyl (C=O) groups is 1. The predicted octanol–water partition coefficient (Wildman–Crippen LogP) is 1.82. The van der Waals surface area contributed by atoms with Crippen LogP contribution in [0.25, 0.3) is 0 Å². The molecule has 3 rings (SSSR count). The summed E-state index contributed by atoms with van der Waals surface area (Å²) in [6, 6.07) is 0. The van der Waals surface area contributed by atoms with Crippen molar-refractivity contribution < 1.29 is 4.79 Å². The lowest BCUT2D eigenvalue weighted by molar-refractivity contribution is 0.0946. The number of nitrogens with two attached hydrogens (primary N) is 1. The molecule has 0 saturated heterocycles. The molecule has 4 N–H and O–H groups in total. The number of H-pyrrole nitrogens is 1. The minimum absolute atomic E-state index is 0.251. The summed E-state index contributed by atoms with van der Waals surface area (Å²) >= 11 is 1.61. The van der Waals surface area contributed by atoms with E-state index in [1.54, 1.807) is 11.3 Å². The third-order valence-electron chi connectivity index (χ3n) is 3.38. The normalized spacial score (nSPS) is 14.4. The molecule has 1 fully saturated rings. The van der Waals surface area contributed by atoms with Gasteiger partial charge in [0.2, 0.25) is 0 Å². The summed E-state index contributed by atoms with van der Waals surface area (Å²) in [5, 5.41) is 10.6. The fraction of sp³-hybridized carbons (Fsp3) is 0.462. The number of hydrogen-bond acceptors (Lipinski definition) is 5. The van der Waals surface area contributed by atoms with E-state index in [1.165, 1.54) is 4.88 Å². The standard InChI is InChI=1S/C13H17N5OS/c1-2-8-5-15-9(20-8)6-16-13(19)12-10(14)11(17-18-12)7-3-4-7/h5,7H,2-4,6,14H2,1H3,(H,16,19)(H,17,18). The molecular formula is C13H17N5OS. The molecule has 2 aromatic rings. The summed E-state index contributed by atoms with van der Waals surface area (Å²) in [6.07, 6.45) is 5.04. The van der Waals surface area contributed by atoms with E-state index >= 15 is 0 Å². The maximum atomic E-state index is 12.1. The monoisotopic (exact) mass is 291 g/mol. The van der Waals surface area contributed by atoms with E-state index in [0.29, 0.717) is 23.8 Å². The number of aryl methyl sites for hydroxylation is 1. The van der Waals surface area contributed by atoms with Crippen LogP contribution in [-0.4, -0.2) is 21.1 Å². The van der Waals surface area contributed by atoms with Gasteiger partial charge in [0.1, 0.15) is 5.01 Å². The van der Waals surface area contributed by atoms with Crippen molar-refractivity contribution in [1.29, 1.82) is 0 Å². The molecule has 20 heavy (non-hydrogen) atoms. The fourth-order valence-electron chi connectivity index (χ4n) is 2.05. The summed E-state index contributed by atoms with van der Waals surface area (Å²) in [4.78, 5) is 17.6. The highest BCUT2D eigenvalue weighted by atomic mass is 32.1. The number of thiazole rings is 1. The van der Waals surface area contributed by atoms with Crippen LogP contribution in [0.4, 0.5) is 5.69 Å². The van der Waals surface area contributed by atoms with Crippen molar-refractivity contribution in [2.45, 2.75) is 38.6 Å². The minimum atomic E-state index is -0.251. The number of aromatic nitrogens is 3. The van der Waals surface area contributed by atoms with E-state index in [1.807, 2.05) is 6.20 Å². The third-order valence-corrected chi connectivity index (χ3v) is 4.53. The average Bonchev–Trinajstić information content (AvgIpc) is 3.06. The third kappa shape index (κ3) is 2.53. The van der Waals surface area contributed by atoms with Gasteiger partial charge in [-0.05, 0) is 19.3 Å². The van der Waals surface area contributed by atoms with Crippen molar-refractivity contribution in [3.05, 3.63) is 27.5 Å². The number of carbonyl (C=O) groups excluding carboxylic acids is 1. The van der Waals surface area contributed by atoms with Crippen LogP contribution in [0.5, 0.6) is 0 Å². The lowest BCUT2D eigenvalue weighted by atomic mass is 10.2. The summed E-state index contributed by atoms with van der Waals surface area (Å²) in [5.41, 5.74) is 7.65. The van der Waals surface area contributed by atoms with E-state index in [-0.39, 0.29) is 5.91 Å². The zero-order valence-electron chi connectivity index (χ0n) is 11.3. The first kappa shape index (κ1) is 13.1. The summed E-state index contributed by atoms with van der Waals surface area (Å²) < 4.78 is 0. The minimum Gasteiger partial charge on any atom is -0.395 e. The molecule has 106 valence electrons. The van der Waals surface area contributed by atoms with E-state index in [9.17, 15) is 4.79 Å². The molecule has 0 radical (unpaired) electrons. The van der Waals surface area contributed by atoms with Gasteiger partial charge in [0.05, 0.1) is 17.9 Å². The molecule has 0 spiro atoms. The van der Waals surface area contributed by atoms with Crippen molar-refractivity contribution in [2.75, 3.05) is 5.73 Å². The lowest BCUT2D eigenvalue weighted by Crippen LogP contribution is -2.24. The van der Waals surface area contributed by atoms with Crippen molar-refractivity contribution in [1.82, 2.24) is 20.5 Å². The number of nitrogens with one attached hydrogen (secondary N) is 2. The molecular weight excluding hydrogens is 274 g/mol. The summed E-state index contributed by atoms with van der Waals surface area (Å²) in [7, 11) is 0. The Balaban J connectivity index is 1.64. The number of rotatable bonds is 5. The number of amides is 1. The molecule has 1 saturated carbocycles. The number of nitrogens with zero attached hydrogens (tertiary/aromatic N) is 2. The highest BCUT2D eigenvalue weighted by Crippen LogP contribution is 2.42. The Morgan fingerprint density at radius 3 is 3.05 bits per heavy atom. The van der Waals surface area contributed by atoms with E-state index in [2.05, 4.69) is 27.4 Å². The van der Waals surface area contributed by atoms with Crippen LogP contribution in [0.1, 0.15) is 51.8 Å². The van der Waals surface area contributed by atoms with E-state index < -0.39 is 0 Å². The van der Waals surface area contributed by atoms with E-state index in [0.717, 1.165) is 30.0 Å². The largest absolute Gasteiger partial charge is 0.395 e. The zero-order valence-corrected chi connectivity index (χ0v) is 12.1. The van der Waals surface area contributed by atoms with Gasteiger partial charge >= 0.3 is 0 Å². The maximum absolute atomic E-state index is 12.1. The van der Waals surface area contributed by atoms with Crippen molar-refractivity contribution in [3.63, 3.8) is 0 Å². The van der Waals surface area contributed by atoms with Crippen molar-refractivity contribution in [3.8, 4) is 0 Å². The van der Waals surface area contributed by atoms with Gasteiger partial charge in [-0.1, -0.05) is 6.92 Å². The first-order valence-corrected chi connectivity index (χ1v) is 7.56. The smallest absolute Gasteiger partial charge is 0.274 e. The van der Waals surface area contributed by atoms with Crippen LogP contribution >= 0.6 is 11.3 Å². The Bertz CT molecular complexity index is 628. The van der Waals surface area contributed by atoms with Crippen molar-refractivity contribution >= 4 is 22.9 Å². The molecule has 6 nitrogen and oxygen atoms in total. The molecule has 2 heterocycles. The first-order chi connectivity index (χ1) is 9.69. The number of aromatic amines is 1. The van der Waals surface area contributed by atoms with Crippen LogP contribution in [0, 0.1) is 0 Å². The van der Waals surface area contributed by atoms with Crippen LogP contribution < -0.4 is 11.1 Å². The molecule has 1 amide bonds. The Hall–Kier alpha value is -1.89. The van der Waals surface area contributed by atoms with Gasteiger partial charge in [0, 0.05) is 17.0 Å². The number of hydrogen-bond donors (Lipinski definition) is 3. The molecule has 0 bridgehead atoms. The Morgan fingerprint density at radius 1 is 1.60 bits per heavy atom. The first-order valence-electron chi connectivity index (χ1n) is 6.74. The molecule has 0 aromatic carbocycles. The maximum Gasteiger partial charge on any atom is 0.274 e. The molecule has 0 unspecified atom stereocenters. The van der Waals surface area contributed by atoms with Gasteiger partial charge in [-0.15, -0.1) is 11.3 Å². The highest BCUT2D eigenvalue weighted by molar-refractivity contribution is 7.11. The average molecular weight is 291 g/mol. The highest BCUT2D eigenvalue weighted by Gasteiger charge is 2.30. The lowest BCUT2D eigenvalue weighted by Gasteiger charge is -2.01. The van der Waals surface area contributed by atoms with Gasteiger partial charge < -0.3 is 11.1 Å². The second-order valence-corrected chi connectivity index (χ2v) is 6.13. The van der Waals surface area contributed by atoms with Gasteiger partial charge in [-0.2, -0.15) is 5.10 Å². The molecule has 2 aromatic heterocycles. The van der Waals surface area contributed by atoms with Crippen LogP contribution in [0.3, 0.4) is 0 Å². The quantitative estimate of drug-likeness (QED) is 0.782. The van der Waals surface area contributed by atoms with E-state index in [4.69, 9.17) is 5.73 Å². The number of nitrogen functional groups attached to an aromatic ring is 1. The molecule has 0 aliphatic heterocycles. The Kier molecular flexibility index (Phi) is 3.43. The predicted molar refractivity (Wildman–Crippen MR) is 77.6 cm³/mol. The molecule has 1 aliphatic rings. The van der Waals surface area contributed by atoms with Crippen LogP contribution in [0.15, 0.2) is 6.20 Å². The van der Waals surface area contributed by atoms with Gasteiger partial charge in [0.25, 0.3) is 5.91 Å². The zero-order chi connectivity index (χ0) is 14.1. The fourth-order valence-corrected chi connectivity index (χ4v) is 2.86. The SMILES string of the molecule is CCc1cnc(CNC(=O)c2n[nH]c(C3CC3)c2N)s1. The summed E-state index contributed by atoms with van der Waals surface area (Å²) in [6.45, 7) is 2.49. The number of anilines is 1.